The number of hydrogen-bond acceptors (Lipinski definition) is 5. The number of amides is 1. The summed E-state index contributed by atoms with van der Waals surface area (Å²) in [6.45, 7) is 2.15. The number of aromatic amines is 1. The van der Waals surface area contributed by atoms with Crippen molar-refractivity contribution < 1.29 is 18.0 Å². The van der Waals surface area contributed by atoms with E-state index in [0.29, 0.717) is 45.4 Å². The minimum atomic E-state index is -1.63. The number of nitrogens with zero attached hydrogens (tertiary/aromatic N) is 6. The lowest BCUT2D eigenvalue weighted by molar-refractivity contribution is -0.0348. The summed E-state index contributed by atoms with van der Waals surface area (Å²) in [4.78, 5) is 28.3. The Kier molecular flexibility index (Phi) is 5.91. The Labute approximate surface area is 216 Å². The summed E-state index contributed by atoms with van der Waals surface area (Å²) in [7, 11) is 0. The fourth-order valence-corrected chi connectivity index (χ4v) is 5.71. The van der Waals surface area contributed by atoms with Crippen LogP contribution in [0.25, 0.3) is 22.3 Å². The van der Waals surface area contributed by atoms with Crippen molar-refractivity contribution in [3.63, 3.8) is 0 Å². The van der Waals surface area contributed by atoms with Crippen LogP contribution in [0.4, 0.5) is 13.2 Å². The molecule has 0 spiro atoms. The van der Waals surface area contributed by atoms with Crippen LogP contribution in [0.3, 0.4) is 0 Å². The smallest absolute Gasteiger partial charge is 0.256 e. The second kappa shape index (κ2) is 9.29. The summed E-state index contributed by atoms with van der Waals surface area (Å²) in [5.41, 5.74) is 1.72. The molecule has 1 N–H and O–H groups in total. The van der Waals surface area contributed by atoms with Crippen LogP contribution < -0.4 is 0 Å². The zero-order valence-corrected chi connectivity index (χ0v) is 20.4. The number of piperidine rings is 1. The van der Waals surface area contributed by atoms with Crippen molar-refractivity contribution in [3.05, 3.63) is 72.2 Å². The van der Waals surface area contributed by atoms with Crippen molar-refractivity contribution in [1.82, 2.24) is 29.3 Å². The monoisotopic (exact) mass is 519 g/mol. The SMILES string of the molecule is N#CCC1(n2ccc(-c3ncnc4[nH]ccc34)c2)CN(C2CCN(C(=O)c3ccc(F)c(F)c3F)CC2)C1. The number of carbonyl (C=O) groups excluding carboxylic acids is 1. The number of hydrogen-bond donors (Lipinski definition) is 1. The maximum absolute atomic E-state index is 14.1. The lowest BCUT2D eigenvalue weighted by atomic mass is 9.83. The molecule has 194 valence electrons. The minimum absolute atomic E-state index is 0.206. The Bertz CT molecular complexity index is 1560. The Morgan fingerprint density at radius 2 is 1.89 bits per heavy atom. The molecule has 2 fully saturated rings. The van der Waals surface area contributed by atoms with Crippen LogP contribution in [0.15, 0.2) is 49.2 Å². The van der Waals surface area contributed by atoms with E-state index in [9.17, 15) is 23.2 Å². The normalized spacial score (nSPS) is 17.9. The van der Waals surface area contributed by atoms with E-state index >= 15 is 0 Å². The fraction of sp³-hybridized carbons (Fsp3) is 0.333. The molecule has 2 aliphatic rings. The molecular formula is C27H24F3N7O. The Morgan fingerprint density at radius 3 is 2.66 bits per heavy atom. The lowest BCUT2D eigenvalue weighted by Gasteiger charge is -2.54. The molecule has 38 heavy (non-hydrogen) atoms. The van der Waals surface area contributed by atoms with Gasteiger partial charge in [0.05, 0.1) is 29.3 Å². The molecule has 6 rings (SSSR count). The molecule has 0 aliphatic carbocycles. The number of benzene rings is 1. The third-order valence-electron chi connectivity index (χ3n) is 7.80. The fourth-order valence-electron chi connectivity index (χ4n) is 5.71. The molecule has 0 radical (unpaired) electrons. The summed E-state index contributed by atoms with van der Waals surface area (Å²) in [5.74, 6) is -5.04. The first-order valence-corrected chi connectivity index (χ1v) is 12.4. The number of likely N-dealkylation sites (tertiary alicyclic amines) is 2. The molecule has 0 saturated carbocycles. The molecular weight excluding hydrogens is 495 g/mol. The number of halogens is 3. The van der Waals surface area contributed by atoms with Gasteiger partial charge in [0.1, 0.15) is 12.0 Å². The molecule has 2 saturated heterocycles. The van der Waals surface area contributed by atoms with Crippen molar-refractivity contribution in [2.75, 3.05) is 26.2 Å². The van der Waals surface area contributed by atoms with Crippen molar-refractivity contribution in [1.29, 1.82) is 5.26 Å². The quantitative estimate of drug-likeness (QED) is 0.401. The molecule has 3 aromatic heterocycles. The van der Waals surface area contributed by atoms with Crippen LogP contribution >= 0.6 is 0 Å². The highest BCUT2D eigenvalue weighted by molar-refractivity contribution is 5.94. The summed E-state index contributed by atoms with van der Waals surface area (Å²) < 4.78 is 43.1. The maximum atomic E-state index is 14.1. The van der Waals surface area contributed by atoms with E-state index in [2.05, 4.69) is 30.5 Å². The van der Waals surface area contributed by atoms with Crippen molar-refractivity contribution in [2.45, 2.75) is 30.8 Å². The van der Waals surface area contributed by atoms with Gasteiger partial charge in [0.2, 0.25) is 0 Å². The maximum Gasteiger partial charge on any atom is 0.256 e. The van der Waals surface area contributed by atoms with Crippen molar-refractivity contribution >= 4 is 16.9 Å². The molecule has 11 heteroatoms. The first kappa shape index (κ1) is 24.2. The first-order chi connectivity index (χ1) is 18.4. The van der Waals surface area contributed by atoms with E-state index in [1.807, 2.05) is 30.7 Å². The topological polar surface area (TPSA) is 93.8 Å². The van der Waals surface area contributed by atoms with Crippen LogP contribution in [0.1, 0.15) is 29.6 Å². The van der Waals surface area contributed by atoms with E-state index in [4.69, 9.17) is 0 Å². The number of carbonyl (C=O) groups is 1. The van der Waals surface area contributed by atoms with Crippen LogP contribution in [-0.4, -0.2) is 67.4 Å². The highest BCUT2D eigenvalue weighted by Gasteiger charge is 2.47. The second-order valence-corrected chi connectivity index (χ2v) is 9.98. The molecule has 0 atom stereocenters. The minimum Gasteiger partial charge on any atom is -0.346 e. The van der Waals surface area contributed by atoms with Crippen LogP contribution in [-0.2, 0) is 5.54 Å². The molecule has 2 aliphatic heterocycles. The predicted molar refractivity (Wildman–Crippen MR) is 132 cm³/mol. The summed E-state index contributed by atoms with van der Waals surface area (Å²) in [6, 6.07) is 8.24. The summed E-state index contributed by atoms with van der Waals surface area (Å²) in [6.07, 6.45) is 9.07. The third-order valence-corrected chi connectivity index (χ3v) is 7.80. The average molecular weight is 520 g/mol. The summed E-state index contributed by atoms with van der Waals surface area (Å²) in [5, 5.41) is 10.5. The zero-order chi connectivity index (χ0) is 26.4. The van der Waals surface area contributed by atoms with Gasteiger partial charge in [-0.2, -0.15) is 5.26 Å². The standard InChI is InChI=1S/C27H24F3N7O/c28-21-2-1-19(22(29)23(21)30)26(38)35-10-5-18(6-11-35)36-14-27(15-36,7-8-31)37-12-4-17(13-37)24-20-3-9-32-25(20)34-16-33-24/h1-4,9,12-13,16,18H,5-7,10-11,14-15H2,(H,32,33,34). The van der Waals surface area contributed by atoms with E-state index in [1.165, 1.54) is 11.2 Å². The summed E-state index contributed by atoms with van der Waals surface area (Å²) >= 11 is 0. The van der Waals surface area contributed by atoms with Crippen LogP contribution in [0.5, 0.6) is 0 Å². The van der Waals surface area contributed by atoms with E-state index < -0.39 is 28.9 Å². The van der Waals surface area contributed by atoms with Gasteiger partial charge in [-0.15, -0.1) is 0 Å². The Morgan fingerprint density at radius 1 is 1.11 bits per heavy atom. The second-order valence-electron chi connectivity index (χ2n) is 9.98. The first-order valence-electron chi connectivity index (χ1n) is 12.4. The van der Waals surface area contributed by atoms with E-state index in [1.54, 1.807) is 0 Å². The largest absolute Gasteiger partial charge is 0.346 e. The van der Waals surface area contributed by atoms with Crippen LogP contribution in [0, 0.1) is 28.8 Å². The highest BCUT2D eigenvalue weighted by atomic mass is 19.2. The van der Waals surface area contributed by atoms with Gasteiger partial charge in [0, 0.05) is 61.8 Å². The van der Waals surface area contributed by atoms with Crippen molar-refractivity contribution in [2.24, 2.45) is 0 Å². The number of aromatic nitrogens is 4. The van der Waals surface area contributed by atoms with Crippen molar-refractivity contribution in [3.8, 4) is 17.3 Å². The molecule has 1 aromatic carbocycles. The lowest BCUT2D eigenvalue weighted by Crippen LogP contribution is -2.66. The molecule has 0 bridgehead atoms. The molecule has 4 aromatic rings. The van der Waals surface area contributed by atoms with Gasteiger partial charge in [0.25, 0.3) is 5.91 Å². The Hall–Kier alpha value is -4.17. The zero-order valence-electron chi connectivity index (χ0n) is 20.4. The average Bonchev–Trinajstić information content (AvgIpc) is 3.59. The van der Waals surface area contributed by atoms with Gasteiger partial charge in [-0.25, -0.2) is 23.1 Å². The van der Waals surface area contributed by atoms with Gasteiger partial charge in [-0.1, -0.05) is 0 Å². The number of fused-ring (bicyclic) bond motifs is 1. The molecule has 0 unspecified atom stereocenters. The van der Waals surface area contributed by atoms with Gasteiger partial charge < -0.3 is 14.5 Å². The Balaban J connectivity index is 1.12. The van der Waals surface area contributed by atoms with Gasteiger partial charge in [-0.3, -0.25) is 9.69 Å². The number of nitriles is 1. The number of nitrogens with one attached hydrogen (secondary N) is 1. The number of H-pyrrole nitrogens is 1. The predicted octanol–water partition coefficient (Wildman–Crippen LogP) is 4.07. The number of rotatable bonds is 5. The molecule has 5 heterocycles. The van der Waals surface area contributed by atoms with Gasteiger partial charge >= 0.3 is 0 Å². The van der Waals surface area contributed by atoms with Crippen LogP contribution in [0.2, 0.25) is 0 Å². The molecule has 1 amide bonds. The highest BCUT2D eigenvalue weighted by Crippen LogP contribution is 2.38. The van der Waals surface area contributed by atoms with E-state index in [-0.39, 0.29) is 11.6 Å². The van der Waals surface area contributed by atoms with Gasteiger partial charge in [-0.05, 0) is 37.1 Å². The van der Waals surface area contributed by atoms with E-state index in [0.717, 1.165) is 34.4 Å². The third kappa shape index (κ3) is 3.92. The van der Waals surface area contributed by atoms with Gasteiger partial charge in [0.15, 0.2) is 17.5 Å². The molecule has 8 nitrogen and oxygen atoms in total.